The molecule has 0 aromatic heterocycles. The van der Waals surface area contributed by atoms with Crippen LogP contribution in [0.25, 0.3) is 0 Å². The largest absolute Gasteiger partial charge is 0.293 e. The van der Waals surface area contributed by atoms with Gasteiger partial charge < -0.3 is 0 Å². The topological polar surface area (TPSA) is 46.5 Å². The maximum atomic E-state index is 14.0. The number of benzene rings is 3. The standard InChI is InChI=1S/C26H21NO2S/c1-17-11-13-19(14-12-17)22-24(29)30-25(27-20-8-3-2-4-9-20)26(22)16-15-18-7-5-6-10-21(18)23(26)28/h2-14,22H,15-16H2,1H3/t22-,26-/m0/s1. The third-order valence-corrected chi connectivity index (χ3v) is 7.25. The molecule has 1 saturated heterocycles. The van der Waals surface area contributed by atoms with E-state index in [-0.39, 0.29) is 10.9 Å². The van der Waals surface area contributed by atoms with E-state index in [9.17, 15) is 9.59 Å². The fraction of sp³-hybridized carbons (Fsp3) is 0.192. The molecule has 1 fully saturated rings. The summed E-state index contributed by atoms with van der Waals surface area (Å²) in [6.07, 6.45) is 1.34. The van der Waals surface area contributed by atoms with Gasteiger partial charge in [0, 0.05) is 5.56 Å². The van der Waals surface area contributed by atoms with Gasteiger partial charge >= 0.3 is 0 Å². The molecule has 3 aromatic rings. The predicted octanol–water partition coefficient (Wildman–Crippen LogP) is 5.90. The average molecular weight is 412 g/mol. The highest BCUT2D eigenvalue weighted by Gasteiger charge is 2.60. The summed E-state index contributed by atoms with van der Waals surface area (Å²) in [4.78, 5) is 32.2. The third-order valence-electron chi connectivity index (χ3n) is 6.16. The molecule has 0 unspecified atom stereocenters. The van der Waals surface area contributed by atoms with E-state index in [0.29, 0.717) is 11.5 Å². The number of hydrogen-bond acceptors (Lipinski definition) is 4. The van der Waals surface area contributed by atoms with Crippen LogP contribution in [-0.4, -0.2) is 15.9 Å². The molecule has 2 atom stereocenters. The number of para-hydroxylation sites is 1. The number of thioether (sulfide) groups is 1. The molecule has 2 aliphatic rings. The first-order valence-corrected chi connectivity index (χ1v) is 11.0. The van der Waals surface area contributed by atoms with Crippen LogP contribution in [0.1, 0.15) is 39.4 Å². The van der Waals surface area contributed by atoms with Gasteiger partial charge in [0.25, 0.3) is 0 Å². The van der Waals surface area contributed by atoms with Crippen molar-refractivity contribution in [3.63, 3.8) is 0 Å². The Balaban J connectivity index is 1.72. The van der Waals surface area contributed by atoms with Gasteiger partial charge in [-0.3, -0.25) is 9.59 Å². The van der Waals surface area contributed by atoms with Crippen molar-refractivity contribution in [3.8, 4) is 0 Å². The summed E-state index contributed by atoms with van der Waals surface area (Å²) >= 11 is 1.14. The van der Waals surface area contributed by atoms with E-state index in [4.69, 9.17) is 4.99 Å². The molecule has 0 amide bonds. The molecule has 1 spiro atoms. The quantitative estimate of drug-likeness (QED) is 0.528. The number of carbonyl (C=O) groups excluding carboxylic acids is 2. The molecule has 1 aliphatic heterocycles. The maximum Gasteiger partial charge on any atom is 0.203 e. The first-order valence-electron chi connectivity index (χ1n) is 10.1. The van der Waals surface area contributed by atoms with Crippen LogP contribution in [0.3, 0.4) is 0 Å². The van der Waals surface area contributed by atoms with Crippen molar-refractivity contribution < 1.29 is 9.59 Å². The summed E-state index contributed by atoms with van der Waals surface area (Å²) in [5.41, 5.74) is 3.62. The highest BCUT2D eigenvalue weighted by atomic mass is 32.2. The van der Waals surface area contributed by atoms with Crippen molar-refractivity contribution in [1.29, 1.82) is 0 Å². The number of fused-ring (bicyclic) bond motifs is 1. The summed E-state index contributed by atoms with van der Waals surface area (Å²) in [7, 11) is 0. The molecule has 3 aromatic carbocycles. The number of aryl methyl sites for hydroxylation is 2. The smallest absolute Gasteiger partial charge is 0.203 e. The highest BCUT2D eigenvalue weighted by Crippen LogP contribution is 2.56. The van der Waals surface area contributed by atoms with Gasteiger partial charge in [0.15, 0.2) is 5.78 Å². The third kappa shape index (κ3) is 2.94. The Bertz CT molecular complexity index is 1170. The molecule has 4 heteroatoms. The van der Waals surface area contributed by atoms with Gasteiger partial charge in [-0.1, -0.05) is 72.3 Å². The lowest BCUT2D eigenvalue weighted by Gasteiger charge is -2.37. The van der Waals surface area contributed by atoms with Gasteiger partial charge in [-0.2, -0.15) is 0 Å². The minimum Gasteiger partial charge on any atom is -0.293 e. The molecular weight excluding hydrogens is 390 g/mol. The van der Waals surface area contributed by atoms with E-state index in [1.807, 2.05) is 85.8 Å². The predicted molar refractivity (Wildman–Crippen MR) is 122 cm³/mol. The first kappa shape index (κ1) is 19.0. The lowest BCUT2D eigenvalue weighted by atomic mass is 9.62. The van der Waals surface area contributed by atoms with Crippen LogP contribution in [0.15, 0.2) is 83.9 Å². The molecule has 30 heavy (non-hydrogen) atoms. The van der Waals surface area contributed by atoms with E-state index in [1.165, 1.54) is 0 Å². The zero-order chi connectivity index (χ0) is 20.7. The number of Topliss-reactive ketones (excluding diaryl/α,β-unsaturated/α-hetero) is 1. The Morgan fingerprint density at radius 2 is 1.60 bits per heavy atom. The molecule has 0 bridgehead atoms. The van der Waals surface area contributed by atoms with Crippen molar-refractivity contribution in [2.45, 2.75) is 25.7 Å². The molecule has 0 saturated carbocycles. The van der Waals surface area contributed by atoms with Crippen LogP contribution in [0.4, 0.5) is 5.69 Å². The minimum atomic E-state index is -0.943. The molecule has 148 valence electrons. The fourth-order valence-corrected chi connectivity index (χ4v) is 5.91. The number of nitrogens with zero attached hydrogens (tertiary/aromatic N) is 1. The van der Waals surface area contributed by atoms with Crippen molar-refractivity contribution in [1.82, 2.24) is 0 Å². The second kappa shape index (κ2) is 7.37. The van der Waals surface area contributed by atoms with Crippen LogP contribution < -0.4 is 0 Å². The van der Waals surface area contributed by atoms with Gasteiger partial charge in [0.2, 0.25) is 5.12 Å². The summed E-state index contributed by atoms with van der Waals surface area (Å²) in [5.74, 6) is -0.505. The Hall–Kier alpha value is -2.98. The van der Waals surface area contributed by atoms with E-state index in [2.05, 4.69) is 0 Å². The SMILES string of the molecule is Cc1ccc([C@H]2C(=O)SC(=Nc3ccccc3)[C@@]23CCc2ccccc2C3=O)cc1. The van der Waals surface area contributed by atoms with Gasteiger partial charge in [0.05, 0.1) is 22.1 Å². The second-order valence-corrected chi connectivity index (χ2v) is 8.97. The zero-order valence-corrected chi connectivity index (χ0v) is 17.5. The van der Waals surface area contributed by atoms with Gasteiger partial charge in [-0.15, -0.1) is 0 Å². The summed E-state index contributed by atoms with van der Waals surface area (Å²) < 4.78 is 0. The zero-order valence-electron chi connectivity index (χ0n) is 16.7. The summed E-state index contributed by atoms with van der Waals surface area (Å²) in [6.45, 7) is 2.02. The fourth-order valence-electron chi connectivity index (χ4n) is 4.62. The Kier molecular flexibility index (Phi) is 4.67. The molecule has 0 N–H and O–H groups in total. The summed E-state index contributed by atoms with van der Waals surface area (Å²) in [6, 6.07) is 25.3. The molecule has 1 heterocycles. The van der Waals surface area contributed by atoms with Gasteiger partial charge in [-0.25, -0.2) is 4.99 Å². The minimum absolute atomic E-state index is 0.00117. The van der Waals surface area contributed by atoms with Crippen LogP contribution in [0.2, 0.25) is 0 Å². The Morgan fingerprint density at radius 1 is 0.900 bits per heavy atom. The number of ketones is 1. The van der Waals surface area contributed by atoms with Crippen LogP contribution in [0.5, 0.6) is 0 Å². The molecule has 0 radical (unpaired) electrons. The highest BCUT2D eigenvalue weighted by molar-refractivity contribution is 8.27. The van der Waals surface area contributed by atoms with Crippen molar-refractivity contribution in [2.24, 2.45) is 10.4 Å². The van der Waals surface area contributed by atoms with Crippen molar-refractivity contribution >= 4 is 33.4 Å². The molecule has 5 rings (SSSR count). The summed E-state index contributed by atoms with van der Waals surface area (Å²) in [5, 5.41) is 0.630. The van der Waals surface area contributed by atoms with Crippen LogP contribution in [0, 0.1) is 12.3 Å². The van der Waals surface area contributed by atoms with Gasteiger partial charge in [-0.05, 0) is 54.8 Å². The van der Waals surface area contributed by atoms with E-state index in [0.717, 1.165) is 46.1 Å². The van der Waals surface area contributed by atoms with Crippen LogP contribution >= 0.6 is 11.8 Å². The van der Waals surface area contributed by atoms with E-state index >= 15 is 0 Å². The average Bonchev–Trinajstić information content (AvgIpc) is 3.04. The molecule has 1 aliphatic carbocycles. The lowest BCUT2D eigenvalue weighted by molar-refractivity contribution is -0.113. The number of rotatable bonds is 2. The molecular formula is C26H21NO2S. The Morgan fingerprint density at radius 3 is 2.37 bits per heavy atom. The van der Waals surface area contributed by atoms with E-state index < -0.39 is 11.3 Å². The number of hydrogen-bond donors (Lipinski definition) is 0. The van der Waals surface area contributed by atoms with Gasteiger partial charge in [0.1, 0.15) is 0 Å². The Labute approximate surface area is 180 Å². The second-order valence-electron chi connectivity index (χ2n) is 7.97. The maximum absolute atomic E-state index is 14.0. The first-order chi connectivity index (χ1) is 14.6. The lowest BCUT2D eigenvalue weighted by Crippen LogP contribution is -2.44. The van der Waals surface area contributed by atoms with E-state index in [1.54, 1.807) is 0 Å². The molecule has 3 nitrogen and oxygen atoms in total. The van der Waals surface area contributed by atoms with Crippen molar-refractivity contribution in [3.05, 3.63) is 101 Å². The normalized spacial score (nSPS) is 24.4. The number of aliphatic imine (C=N–C) groups is 1. The number of carbonyl (C=O) groups is 2. The monoisotopic (exact) mass is 411 g/mol. The van der Waals surface area contributed by atoms with Crippen molar-refractivity contribution in [2.75, 3.05) is 0 Å². The van der Waals surface area contributed by atoms with Crippen LogP contribution in [-0.2, 0) is 11.2 Å².